The van der Waals surface area contributed by atoms with Crippen molar-refractivity contribution in [2.75, 3.05) is 39.0 Å². The van der Waals surface area contributed by atoms with Crippen LogP contribution in [0.15, 0.2) is 30.5 Å². The minimum atomic E-state index is -3.74. The lowest BCUT2D eigenvalue weighted by atomic mass is 9.77. The van der Waals surface area contributed by atoms with Gasteiger partial charge in [0.2, 0.25) is 15.9 Å². The van der Waals surface area contributed by atoms with Gasteiger partial charge in [-0.3, -0.25) is 19.1 Å². The Morgan fingerprint density at radius 2 is 1.72 bits per heavy atom. The van der Waals surface area contributed by atoms with Gasteiger partial charge in [0.1, 0.15) is 17.6 Å². The largest absolute Gasteiger partial charge is 0.341 e. The van der Waals surface area contributed by atoms with Crippen LogP contribution < -0.4 is 10.0 Å². The first-order valence-corrected chi connectivity index (χ1v) is 18.1. The number of benzene rings is 1. The van der Waals surface area contributed by atoms with Crippen LogP contribution >= 0.6 is 0 Å². The standard InChI is InChI=1S/C33H49FN6O5S/c1-6-40-28(14-15-35-40)32(42)36-31(24-10-8-22(3)9-11-24)29(41)21-26-13-12-25(20-27(26)34)23(4)30(37-46(44,45)7-2)33(43)39-18-16-38(5)17-19-39/h12-15,20,22-24,30-31,37H,6-11,16-19,21H2,1-5H3,(H,36,42)/t22?,23-,24?,30+,31-/m0/s1. The molecular formula is C33H49FN6O5S. The molecule has 2 N–H and O–H groups in total. The number of carbonyl (C=O) groups is 3. The van der Waals surface area contributed by atoms with Crippen molar-refractivity contribution in [1.82, 2.24) is 29.6 Å². The van der Waals surface area contributed by atoms with Crippen LogP contribution in [0.2, 0.25) is 0 Å². The number of aromatic nitrogens is 2. The number of sulfonamides is 1. The molecule has 2 aromatic rings. The molecule has 1 aromatic carbocycles. The monoisotopic (exact) mass is 660 g/mol. The predicted molar refractivity (Wildman–Crippen MR) is 174 cm³/mol. The van der Waals surface area contributed by atoms with E-state index in [0.29, 0.717) is 49.9 Å². The van der Waals surface area contributed by atoms with Crippen LogP contribution in [0, 0.1) is 17.7 Å². The van der Waals surface area contributed by atoms with E-state index < -0.39 is 33.8 Å². The van der Waals surface area contributed by atoms with Gasteiger partial charge in [-0.15, -0.1) is 0 Å². The van der Waals surface area contributed by atoms with Gasteiger partial charge in [0.25, 0.3) is 5.91 Å². The van der Waals surface area contributed by atoms with Crippen molar-refractivity contribution < 1.29 is 27.2 Å². The Labute approximate surface area is 272 Å². The number of ketones is 1. The van der Waals surface area contributed by atoms with Crippen LogP contribution in [0.1, 0.15) is 80.9 Å². The molecule has 0 radical (unpaired) electrons. The number of hydrogen-bond donors (Lipinski definition) is 2. The molecule has 2 amide bonds. The van der Waals surface area contributed by atoms with Crippen molar-refractivity contribution in [3.63, 3.8) is 0 Å². The van der Waals surface area contributed by atoms with Gasteiger partial charge in [-0.2, -0.15) is 5.10 Å². The summed E-state index contributed by atoms with van der Waals surface area (Å²) >= 11 is 0. The molecule has 254 valence electrons. The molecule has 2 aliphatic rings. The van der Waals surface area contributed by atoms with E-state index >= 15 is 4.39 Å². The Balaban J connectivity index is 1.54. The molecule has 0 bridgehead atoms. The number of halogens is 1. The molecule has 1 saturated heterocycles. The van der Waals surface area contributed by atoms with Crippen LogP contribution in [-0.4, -0.2) is 96.7 Å². The average molecular weight is 661 g/mol. The average Bonchev–Trinajstić information content (AvgIpc) is 3.53. The highest BCUT2D eigenvalue weighted by Gasteiger charge is 2.36. The molecule has 0 spiro atoms. The van der Waals surface area contributed by atoms with Crippen molar-refractivity contribution in [1.29, 1.82) is 0 Å². The zero-order valence-corrected chi connectivity index (χ0v) is 28.5. The molecule has 4 rings (SSSR count). The summed E-state index contributed by atoms with van der Waals surface area (Å²) in [7, 11) is -1.78. The van der Waals surface area contributed by atoms with Gasteiger partial charge in [-0.05, 0) is 68.8 Å². The van der Waals surface area contributed by atoms with Crippen LogP contribution in [0.3, 0.4) is 0 Å². The Morgan fingerprint density at radius 3 is 2.33 bits per heavy atom. The van der Waals surface area contributed by atoms with Gasteiger partial charge in [-0.1, -0.05) is 38.8 Å². The van der Waals surface area contributed by atoms with Gasteiger partial charge in [-0.25, -0.2) is 17.5 Å². The smallest absolute Gasteiger partial charge is 0.270 e. The quantitative estimate of drug-likeness (QED) is 0.338. The second kappa shape index (κ2) is 15.6. The lowest BCUT2D eigenvalue weighted by Crippen LogP contribution is -2.55. The summed E-state index contributed by atoms with van der Waals surface area (Å²) < 4.78 is 45.0. The maximum absolute atomic E-state index is 15.7. The zero-order valence-electron chi connectivity index (χ0n) is 27.7. The molecule has 1 aliphatic heterocycles. The third-order valence-electron chi connectivity index (χ3n) is 9.65. The van der Waals surface area contributed by atoms with Crippen LogP contribution in [-0.2, 0) is 32.6 Å². The molecule has 1 aliphatic carbocycles. The molecule has 1 saturated carbocycles. The molecule has 11 nitrogen and oxygen atoms in total. The van der Waals surface area contributed by atoms with Gasteiger partial charge >= 0.3 is 0 Å². The summed E-state index contributed by atoms with van der Waals surface area (Å²) in [6, 6.07) is 4.20. The van der Waals surface area contributed by atoms with Gasteiger partial charge < -0.3 is 15.1 Å². The van der Waals surface area contributed by atoms with E-state index in [2.05, 4.69) is 27.0 Å². The van der Waals surface area contributed by atoms with Crippen molar-refractivity contribution in [2.24, 2.45) is 11.8 Å². The Bertz CT molecular complexity index is 1480. The summed E-state index contributed by atoms with van der Waals surface area (Å²) in [6.45, 7) is 10.1. The highest BCUT2D eigenvalue weighted by Crippen LogP contribution is 2.32. The normalized spacial score (nSPS) is 21.4. The van der Waals surface area contributed by atoms with Crippen LogP contribution in [0.4, 0.5) is 4.39 Å². The fraction of sp³-hybridized carbons (Fsp3) is 0.636. The predicted octanol–water partition coefficient (Wildman–Crippen LogP) is 2.96. The molecule has 3 atom stereocenters. The minimum absolute atomic E-state index is 0.0547. The van der Waals surface area contributed by atoms with Crippen LogP contribution in [0.25, 0.3) is 0 Å². The Kier molecular flexibility index (Phi) is 12.1. The zero-order chi connectivity index (χ0) is 33.6. The molecule has 2 fully saturated rings. The first-order valence-electron chi connectivity index (χ1n) is 16.4. The highest BCUT2D eigenvalue weighted by molar-refractivity contribution is 7.89. The van der Waals surface area contributed by atoms with E-state index in [1.54, 1.807) is 34.8 Å². The minimum Gasteiger partial charge on any atom is -0.341 e. The van der Waals surface area contributed by atoms with Gasteiger partial charge in [0.15, 0.2) is 5.78 Å². The van der Waals surface area contributed by atoms with E-state index in [-0.39, 0.29) is 41.3 Å². The number of nitrogens with one attached hydrogen (secondary N) is 2. The maximum atomic E-state index is 15.7. The third-order valence-corrected chi connectivity index (χ3v) is 11.0. The fourth-order valence-electron chi connectivity index (χ4n) is 6.42. The molecule has 1 aromatic heterocycles. The van der Waals surface area contributed by atoms with E-state index in [4.69, 9.17) is 0 Å². The topological polar surface area (TPSA) is 134 Å². The number of likely N-dealkylation sites (N-methyl/N-ethyl adjacent to an activating group) is 1. The second-order valence-electron chi connectivity index (χ2n) is 12.9. The van der Waals surface area contributed by atoms with Crippen molar-refractivity contribution >= 4 is 27.6 Å². The summed E-state index contributed by atoms with van der Waals surface area (Å²) in [5.74, 6) is -1.99. The number of nitrogens with zero attached hydrogens (tertiary/aromatic N) is 4. The van der Waals surface area contributed by atoms with E-state index in [0.717, 1.165) is 25.7 Å². The molecule has 0 unspecified atom stereocenters. The third kappa shape index (κ3) is 8.80. The number of amides is 2. The van der Waals surface area contributed by atoms with Gasteiger partial charge in [0.05, 0.1) is 11.8 Å². The Morgan fingerprint density at radius 1 is 1.04 bits per heavy atom. The summed E-state index contributed by atoms with van der Waals surface area (Å²) in [5.41, 5.74) is 0.992. The van der Waals surface area contributed by atoms with E-state index in [9.17, 15) is 22.8 Å². The number of piperazine rings is 1. The summed E-state index contributed by atoms with van der Waals surface area (Å²) in [4.78, 5) is 44.3. The first kappa shape index (κ1) is 35.7. The molecule has 46 heavy (non-hydrogen) atoms. The van der Waals surface area contributed by atoms with Gasteiger partial charge in [0, 0.05) is 51.3 Å². The lowest BCUT2D eigenvalue weighted by molar-refractivity contribution is -0.135. The van der Waals surface area contributed by atoms with E-state index in [1.807, 2.05) is 14.0 Å². The number of Topliss-reactive ketones (excluding diaryl/α,β-unsaturated/α-hetero) is 1. The molecule has 13 heteroatoms. The SMILES string of the molecule is CCn1nccc1C(=O)N[C@H](C(=O)Cc1ccc([C@H](C)[C@@H](NS(=O)(=O)CC)C(=O)N2CCN(C)CC2)cc1F)C1CCC(C)CC1. The maximum Gasteiger partial charge on any atom is 0.270 e. The lowest BCUT2D eigenvalue weighted by Gasteiger charge is -2.36. The summed E-state index contributed by atoms with van der Waals surface area (Å²) in [5, 5.41) is 7.12. The van der Waals surface area contributed by atoms with Crippen molar-refractivity contribution in [2.45, 2.75) is 84.3 Å². The number of hydrogen-bond acceptors (Lipinski definition) is 7. The highest BCUT2D eigenvalue weighted by atomic mass is 32.2. The Hall–Kier alpha value is -3.16. The van der Waals surface area contributed by atoms with E-state index in [1.165, 1.54) is 19.1 Å². The molecule has 2 heterocycles. The fourth-order valence-corrected chi connectivity index (χ4v) is 7.28. The molecular weight excluding hydrogens is 611 g/mol. The second-order valence-corrected chi connectivity index (χ2v) is 15.0. The first-order chi connectivity index (χ1) is 21.8. The number of rotatable bonds is 13. The summed E-state index contributed by atoms with van der Waals surface area (Å²) in [6.07, 6.45) is 4.82. The number of carbonyl (C=O) groups excluding carboxylic acids is 3. The van der Waals surface area contributed by atoms with Crippen LogP contribution in [0.5, 0.6) is 0 Å². The van der Waals surface area contributed by atoms with Crippen molar-refractivity contribution in [3.05, 3.63) is 53.1 Å². The van der Waals surface area contributed by atoms with Crippen molar-refractivity contribution in [3.8, 4) is 0 Å². The number of aryl methyl sites for hydroxylation is 1.